The van der Waals surface area contributed by atoms with E-state index in [2.05, 4.69) is 10.2 Å². The minimum Gasteiger partial charge on any atom is -0.496 e. The molecule has 132 valence electrons. The average Bonchev–Trinajstić information content (AvgIpc) is 2.46. The predicted octanol–water partition coefficient (Wildman–Crippen LogP) is 1.94. The van der Waals surface area contributed by atoms with Crippen LogP contribution in [0, 0.1) is 0 Å². The Balaban J connectivity index is 0.00000484. The first-order valence-corrected chi connectivity index (χ1v) is 9.06. The van der Waals surface area contributed by atoms with Gasteiger partial charge in [-0.3, -0.25) is 9.69 Å². The number of carbonyl (C=O) groups is 1. The summed E-state index contributed by atoms with van der Waals surface area (Å²) in [4.78, 5) is 14.6. The molecule has 0 bridgehead atoms. The summed E-state index contributed by atoms with van der Waals surface area (Å²) in [7, 11) is -1.94. The highest BCUT2D eigenvalue weighted by atomic mass is 35.5. The lowest BCUT2D eigenvalue weighted by molar-refractivity contribution is 0.0871. The van der Waals surface area contributed by atoms with Crippen LogP contribution in [0.25, 0.3) is 0 Å². The third kappa shape index (κ3) is 5.67. The van der Waals surface area contributed by atoms with E-state index in [1.54, 1.807) is 0 Å². The summed E-state index contributed by atoms with van der Waals surface area (Å²) in [6, 6.07) is 4.27. The van der Waals surface area contributed by atoms with E-state index in [1.807, 2.05) is 20.8 Å². The molecule has 0 saturated heterocycles. The highest BCUT2D eigenvalue weighted by Gasteiger charge is 2.20. The van der Waals surface area contributed by atoms with Gasteiger partial charge < -0.3 is 10.1 Å². The van der Waals surface area contributed by atoms with Crippen molar-refractivity contribution in [3.8, 4) is 5.75 Å². The molecule has 0 aliphatic carbocycles. The number of carbonyl (C=O) groups excluding carboxylic acids is 1. The number of nitrogens with zero attached hydrogens (tertiary/aromatic N) is 1. The van der Waals surface area contributed by atoms with Crippen LogP contribution in [0.1, 0.15) is 31.1 Å². The van der Waals surface area contributed by atoms with Gasteiger partial charge in [0, 0.05) is 6.26 Å². The van der Waals surface area contributed by atoms with Crippen LogP contribution in [0.4, 0.5) is 0 Å². The van der Waals surface area contributed by atoms with Gasteiger partial charge in [0.25, 0.3) is 5.91 Å². The van der Waals surface area contributed by atoms with Crippen LogP contribution in [-0.2, 0) is 9.84 Å². The summed E-state index contributed by atoms with van der Waals surface area (Å²) in [5, 5.41) is 2.86. The number of amides is 1. The number of hydrogen-bond acceptors (Lipinski definition) is 5. The lowest BCUT2D eigenvalue weighted by Gasteiger charge is -2.27. The van der Waals surface area contributed by atoms with Crippen molar-refractivity contribution in [2.45, 2.75) is 31.8 Å². The van der Waals surface area contributed by atoms with Gasteiger partial charge >= 0.3 is 0 Å². The van der Waals surface area contributed by atoms with E-state index in [0.29, 0.717) is 5.75 Å². The first-order valence-electron chi connectivity index (χ1n) is 7.17. The number of methoxy groups -OCH3 is 1. The van der Waals surface area contributed by atoms with E-state index in [1.165, 1.54) is 25.3 Å². The minimum absolute atomic E-state index is 0. The fraction of sp³-hybridized carbons (Fsp3) is 0.533. The molecule has 1 N–H and O–H groups in total. The van der Waals surface area contributed by atoms with Crippen LogP contribution >= 0.6 is 12.4 Å². The third-order valence-corrected chi connectivity index (χ3v) is 4.65. The average molecular weight is 365 g/mol. The summed E-state index contributed by atoms with van der Waals surface area (Å²) >= 11 is 0. The number of benzene rings is 1. The molecular weight excluding hydrogens is 340 g/mol. The van der Waals surface area contributed by atoms with Crippen molar-refractivity contribution in [3.05, 3.63) is 23.8 Å². The summed E-state index contributed by atoms with van der Waals surface area (Å²) < 4.78 is 28.5. The summed E-state index contributed by atoms with van der Waals surface area (Å²) in [6.07, 6.45) is 0.948. The maximum absolute atomic E-state index is 12.4. The van der Waals surface area contributed by atoms with Gasteiger partial charge in [0.05, 0.1) is 23.7 Å². The van der Waals surface area contributed by atoms with Crippen LogP contribution in [0.3, 0.4) is 0 Å². The van der Waals surface area contributed by atoms with E-state index in [4.69, 9.17) is 4.74 Å². The second-order valence-corrected chi connectivity index (χ2v) is 7.02. The highest BCUT2D eigenvalue weighted by molar-refractivity contribution is 7.90. The first-order chi connectivity index (χ1) is 10.2. The smallest absolute Gasteiger partial charge is 0.256 e. The molecule has 0 spiro atoms. The van der Waals surface area contributed by atoms with Crippen molar-refractivity contribution < 1.29 is 17.9 Å². The number of ether oxygens (including phenoxy) is 1. The Morgan fingerprint density at radius 2 is 1.87 bits per heavy atom. The molecule has 1 aromatic rings. The Bertz CT molecular complexity index is 630. The summed E-state index contributed by atoms with van der Waals surface area (Å²) in [5.74, 6) is -0.0154. The molecule has 0 aliphatic heterocycles. The Labute approximate surface area is 144 Å². The highest BCUT2D eigenvalue weighted by Crippen LogP contribution is 2.22. The van der Waals surface area contributed by atoms with Gasteiger partial charge in [-0.2, -0.15) is 0 Å². The standard InChI is InChI=1S/C15H24N2O4S.ClH/c1-6-17(7-2)11(3)16-15(18)13-10-12(22(5,19)20)8-9-14(13)21-4;/h8-11H,6-7H2,1-5H3,(H,16,18);1H. The SMILES string of the molecule is CCN(CC)C(C)NC(=O)c1cc(S(C)(=O)=O)ccc1OC.Cl. The first kappa shape index (κ1) is 21.7. The number of sulfone groups is 1. The molecule has 23 heavy (non-hydrogen) atoms. The Morgan fingerprint density at radius 3 is 2.30 bits per heavy atom. The lowest BCUT2D eigenvalue weighted by atomic mass is 10.2. The van der Waals surface area contributed by atoms with Crippen molar-refractivity contribution in [1.82, 2.24) is 10.2 Å². The molecule has 1 aromatic carbocycles. The molecule has 0 aliphatic rings. The quantitative estimate of drug-likeness (QED) is 0.748. The van der Waals surface area contributed by atoms with Gasteiger partial charge in [0.15, 0.2) is 9.84 Å². The molecule has 1 atom stereocenters. The fourth-order valence-corrected chi connectivity index (χ4v) is 2.87. The van der Waals surface area contributed by atoms with E-state index in [0.717, 1.165) is 19.3 Å². The normalized spacial score (nSPS) is 12.4. The van der Waals surface area contributed by atoms with Gasteiger partial charge in [-0.1, -0.05) is 13.8 Å². The largest absolute Gasteiger partial charge is 0.496 e. The monoisotopic (exact) mass is 364 g/mol. The molecule has 1 rings (SSSR count). The number of halogens is 1. The van der Waals surface area contributed by atoms with Crippen molar-refractivity contribution >= 4 is 28.2 Å². The Kier molecular flexibility index (Phi) is 8.58. The lowest BCUT2D eigenvalue weighted by Crippen LogP contribution is -2.46. The topological polar surface area (TPSA) is 75.7 Å². The van der Waals surface area contributed by atoms with E-state index in [9.17, 15) is 13.2 Å². The third-order valence-electron chi connectivity index (χ3n) is 3.54. The van der Waals surface area contributed by atoms with Crippen molar-refractivity contribution in [2.75, 3.05) is 26.5 Å². The number of nitrogens with one attached hydrogen (secondary N) is 1. The second-order valence-electron chi connectivity index (χ2n) is 5.00. The van der Waals surface area contributed by atoms with Gasteiger partial charge in [-0.05, 0) is 38.2 Å². The van der Waals surface area contributed by atoms with Crippen LogP contribution in [-0.4, -0.2) is 51.8 Å². The molecule has 0 saturated carbocycles. The maximum atomic E-state index is 12.4. The zero-order chi connectivity index (χ0) is 16.9. The van der Waals surface area contributed by atoms with Crippen molar-refractivity contribution in [1.29, 1.82) is 0 Å². The van der Waals surface area contributed by atoms with Crippen LogP contribution in [0.5, 0.6) is 5.75 Å². The molecule has 0 aromatic heterocycles. The predicted molar refractivity (Wildman–Crippen MR) is 93.2 cm³/mol. The fourth-order valence-electron chi connectivity index (χ4n) is 2.23. The van der Waals surface area contributed by atoms with Crippen LogP contribution in [0.15, 0.2) is 23.1 Å². The number of rotatable bonds is 7. The molecule has 1 unspecified atom stereocenters. The van der Waals surface area contributed by atoms with E-state index < -0.39 is 9.84 Å². The summed E-state index contributed by atoms with van der Waals surface area (Å²) in [6.45, 7) is 7.52. The van der Waals surface area contributed by atoms with Crippen LogP contribution in [0.2, 0.25) is 0 Å². The minimum atomic E-state index is -3.38. The summed E-state index contributed by atoms with van der Waals surface area (Å²) in [5.41, 5.74) is 0.212. The molecule has 0 heterocycles. The Hall–Kier alpha value is -1.31. The zero-order valence-corrected chi connectivity index (χ0v) is 15.8. The molecule has 1 amide bonds. The van der Waals surface area contributed by atoms with E-state index in [-0.39, 0.29) is 34.9 Å². The van der Waals surface area contributed by atoms with Crippen molar-refractivity contribution in [2.24, 2.45) is 0 Å². The number of hydrogen-bond donors (Lipinski definition) is 1. The molecular formula is C15H25ClN2O4S. The van der Waals surface area contributed by atoms with Gasteiger partial charge in [0.2, 0.25) is 0 Å². The van der Waals surface area contributed by atoms with Gasteiger partial charge in [-0.15, -0.1) is 12.4 Å². The Morgan fingerprint density at radius 1 is 1.30 bits per heavy atom. The molecule has 8 heteroatoms. The van der Waals surface area contributed by atoms with Gasteiger partial charge in [0.1, 0.15) is 5.75 Å². The van der Waals surface area contributed by atoms with E-state index >= 15 is 0 Å². The van der Waals surface area contributed by atoms with Gasteiger partial charge in [-0.25, -0.2) is 8.42 Å². The molecule has 6 nitrogen and oxygen atoms in total. The van der Waals surface area contributed by atoms with Crippen LogP contribution < -0.4 is 10.1 Å². The zero-order valence-electron chi connectivity index (χ0n) is 14.1. The molecule has 0 radical (unpaired) electrons. The molecule has 0 fully saturated rings. The second kappa shape index (κ2) is 9.10. The van der Waals surface area contributed by atoms with Crippen molar-refractivity contribution in [3.63, 3.8) is 0 Å². The maximum Gasteiger partial charge on any atom is 0.256 e.